The van der Waals surface area contributed by atoms with Crippen molar-refractivity contribution in [3.63, 3.8) is 0 Å². The van der Waals surface area contributed by atoms with Crippen molar-refractivity contribution in [3.05, 3.63) is 12.2 Å². The Morgan fingerprint density at radius 3 is 0.962 bits per heavy atom. The van der Waals surface area contributed by atoms with Crippen LogP contribution in [0.15, 0.2) is 12.2 Å². The summed E-state index contributed by atoms with van der Waals surface area (Å²) in [5.41, 5.74) is 0. The molecule has 1 atom stereocenters. The second kappa shape index (κ2) is 41.9. The second-order valence-corrected chi connectivity index (χ2v) is 15.3. The van der Waals surface area contributed by atoms with Gasteiger partial charge in [-0.25, -0.2) is 0 Å². The predicted octanol–water partition coefficient (Wildman–Crippen LogP) is 14.3. The summed E-state index contributed by atoms with van der Waals surface area (Å²) >= 11 is 0. The second-order valence-electron chi connectivity index (χ2n) is 15.3. The number of allylic oxidation sites excluding steroid dienone is 2. The maximum absolute atomic E-state index is 12.7. The van der Waals surface area contributed by atoms with E-state index in [1.807, 2.05) is 0 Å². The van der Waals surface area contributed by atoms with E-state index < -0.39 is 6.10 Å². The Balaban J connectivity index is 4.32. The van der Waals surface area contributed by atoms with Crippen LogP contribution in [-0.2, 0) is 28.6 Å². The molecule has 0 N–H and O–H groups in total. The molecule has 0 spiro atoms. The maximum atomic E-state index is 12.7. The Morgan fingerprint density at radius 1 is 0.365 bits per heavy atom. The van der Waals surface area contributed by atoms with Gasteiger partial charge in [-0.3, -0.25) is 14.4 Å². The highest BCUT2D eigenvalue weighted by molar-refractivity contribution is 5.71. The number of rotatable bonds is 41. The van der Waals surface area contributed by atoms with Gasteiger partial charge in [-0.2, -0.15) is 0 Å². The molecule has 52 heavy (non-hydrogen) atoms. The van der Waals surface area contributed by atoms with E-state index >= 15 is 0 Å². The number of esters is 3. The van der Waals surface area contributed by atoms with Gasteiger partial charge in [0.15, 0.2) is 6.10 Å². The lowest BCUT2D eigenvalue weighted by molar-refractivity contribution is -0.167. The molecule has 0 radical (unpaired) electrons. The van der Waals surface area contributed by atoms with Crippen LogP contribution in [0.5, 0.6) is 0 Å². The predicted molar refractivity (Wildman–Crippen MR) is 220 cm³/mol. The first kappa shape index (κ1) is 50.1. The summed E-state index contributed by atoms with van der Waals surface area (Å²) in [6.45, 7) is 6.59. The zero-order valence-electron chi connectivity index (χ0n) is 34.8. The zero-order valence-corrected chi connectivity index (χ0v) is 34.8. The lowest BCUT2D eigenvalue weighted by Crippen LogP contribution is -2.30. The average molecular weight is 735 g/mol. The molecule has 306 valence electrons. The van der Waals surface area contributed by atoms with Gasteiger partial charge < -0.3 is 14.2 Å². The molecular formula is C46H86O6. The fraction of sp³-hybridized carbons (Fsp3) is 0.891. The van der Waals surface area contributed by atoms with E-state index in [1.165, 1.54) is 141 Å². The monoisotopic (exact) mass is 735 g/mol. The number of carbonyl (C=O) groups is 3. The normalized spacial score (nSPS) is 12.0. The lowest BCUT2D eigenvalue weighted by Gasteiger charge is -2.18. The molecule has 0 aromatic heterocycles. The first-order chi connectivity index (χ1) is 25.5. The minimum Gasteiger partial charge on any atom is -0.462 e. The quantitative estimate of drug-likeness (QED) is 0.0269. The molecular weight excluding hydrogens is 648 g/mol. The van der Waals surface area contributed by atoms with Gasteiger partial charge in [0.05, 0.1) is 0 Å². The SMILES string of the molecule is CCCCCCC/C=C\CCCCCCCC(=O)OCC(COC(=O)CCCCCCCCCC)OC(=O)CCCCCCCCCCCCCC. The summed E-state index contributed by atoms with van der Waals surface area (Å²) in [5, 5.41) is 0. The first-order valence-corrected chi connectivity index (χ1v) is 22.7. The Hall–Kier alpha value is -1.85. The summed E-state index contributed by atoms with van der Waals surface area (Å²) in [4.78, 5) is 37.6. The van der Waals surface area contributed by atoms with Crippen molar-refractivity contribution in [1.82, 2.24) is 0 Å². The van der Waals surface area contributed by atoms with Crippen LogP contribution in [0.1, 0.15) is 245 Å². The van der Waals surface area contributed by atoms with Gasteiger partial charge in [0, 0.05) is 19.3 Å². The molecule has 6 nitrogen and oxygen atoms in total. The Labute approximate surface area is 322 Å². The van der Waals surface area contributed by atoms with Gasteiger partial charge in [0.2, 0.25) is 0 Å². The molecule has 0 saturated heterocycles. The molecule has 0 aliphatic rings. The third-order valence-electron chi connectivity index (χ3n) is 10.0. The molecule has 0 amide bonds. The highest BCUT2D eigenvalue weighted by Gasteiger charge is 2.19. The van der Waals surface area contributed by atoms with E-state index in [2.05, 4.69) is 32.9 Å². The van der Waals surface area contributed by atoms with Crippen LogP contribution in [0.3, 0.4) is 0 Å². The van der Waals surface area contributed by atoms with Crippen LogP contribution in [0.25, 0.3) is 0 Å². The molecule has 0 aromatic carbocycles. The number of ether oxygens (including phenoxy) is 3. The molecule has 0 bridgehead atoms. The largest absolute Gasteiger partial charge is 0.462 e. The van der Waals surface area contributed by atoms with Crippen molar-refractivity contribution in [3.8, 4) is 0 Å². The number of hydrogen-bond donors (Lipinski definition) is 0. The third-order valence-corrected chi connectivity index (χ3v) is 10.0. The third kappa shape index (κ3) is 39.4. The molecule has 0 saturated carbocycles. The van der Waals surface area contributed by atoms with Crippen LogP contribution in [0.2, 0.25) is 0 Å². The van der Waals surface area contributed by atoms with Gasteiger partial charge >= 0.3 is 17.9 Å². The molecule has 0 aliphatic heterocycles. The van der Waals surface area contributed by atoms with Gasteiger partial charge in [-0.15, -0.1) is 0 Å². The van der Waals surface area contributed by atoms with Crippen LogP contribution in [-0.4, -0.2) is 37.2 Å². The van der Waals surface area contributed by atoms with Crippen molar-refractivity contribution in [1.29, 1.82) is 0 Å². The van der Waals surface area contributed by atoms with Crippen molar-refractivity contribution >= 4 is 17.9 Å². The molecule has 0 aliphatic carbocycles. The Bertz CT molecular complexity index is 809. The summed E-state index contributed by atoms with van der Waals surface area (Å²) in [6.07, 6.45) is 43.4. The van der Waals surface area contributed by atoms with E-state index in [0.29, 0.717) is 19.3 Å². The van der Waals surface area contributed by atoms with Crippen molar-refractivity contribution in [2.75, 3.05) is 13.2 Å². The highest BCUT2D eigenvalue weighted by atomic mass is 16.6. The molecule has 0 heterocycles. The minimum atomic E-state index is -0.763. The topological polar surface area (TPSA) is 78.9 Å². The van der Waals surface area contributed by atoms with Crippen LogP contribution < -0.4 is 0 Å². The van der Waals surface area contributed by atoms with Crippen LogP contribution in [0.4, 0.5) is 0 Å². The van der Waals surface area contributed by atoms with E-state index in [4.69, 9.17) is 14.2 Å². The van der Waals surface area contributed by atoms with E-state index in [9.17, 15) is 14.4 Å². The first-order valence-electron chi connectivity index (χ1n) is 22.7. The lowest BCUT2D eigenvalue weighted by atomic mass is 10.0. The van der Waals surface area contributed by atoms with Gasteiger partial charge in [-0.05, 0) is 44.9 Å². The standard InChI is InChI=1S/C46H86O6/c1-4-7-10-13-16-19-21-23-24-26-27-30-33-36-39-45(48)51-42-43(41-50-44(47)38-35-32-29-18-15-12-9-6-3)52-46(49)40-37-34-31-28-25-22-20-17-14-11-8-5-2/h21,23,43H,4-20,22,24-42H2,1-3H3/b23-21-. The van der Waals surface area contributed by atoms with Crippen molar-refractivity contribution in [2.24, 2.45) is 0 Å². The molecule has 0 aromatic rings. The van der Waals surface area contributed by atoms with E-state index in [0.717, 1.165) is 64.2 Å². The summed E-state index contributed by atoms with van der Waals surface area (Å²) in [6, 6.07) is 0. The molecule has 0 rings (SSSR count). The highest BCUT2D eigenvalue weighted by Crippen LogP contribution is 2.15. The van der Waals surface area contributed by atoms with E-state index in [-0.39, 0.29) is 31.1 Å². The number of hydrogen-bond acceptors (Lipinski definition) is 6. The maximum Gasteiger partial charge on any atom is 0.306 e. The number of unbranched alkanes of at least 4 members (excludes halogenated alkanes) is 28. The summed E-state index contributed by atoms with van der Waals surface area (Å²) in [7, 11) is 0. The fourth-order valence-corrected chi connectivity index (χ4v) is 6.55. The van der Waals surface area contributed by atoms with Crippen LogP contribution >= 0.6 is 0 Å². The van der Waals surface area contributed by atoms with Gasteiger partial charge in [0.1, 0.15) is 13.2 Å². The molecule has 6 heteroatoms. The Morgan fingerprint density at radius 2 is 0.635 bits per heavy atom. The minimum absolute atomic E-state index is 0.0688. The summed E-state index contributed by atoms with van der Waals surface area (Å²) < 4.78 is 16.7. The fourth-order valence-electron chi connectivity index (χ4n) is 6.55. The van der Waals surface area contributed by atoms with Gasteiger partial charge in [-0.1, -0.05) is 193 Å². The molecule has 0 fully saturated rings. The van der Waals surface area contributed by atoms with Crippen molar-refractivity contribution < 1.29 is 28.6 Å². The van der Waals surface area contributed by atoms with Gasteiger partial charge in [0.25, 0.3) is 0 Å². The van der Waals surface area contributed by atoms with Crippen LogP contribution in [0, 0.1) is 0 Å². The van der Waals surface area contributed by atoms with Crippen molar-refractivity contribution in [2.45, 2.75) is 252 Å². The average Bonchev–Trinajstić information content (AvgIpc) is 3.14. The summed E-state index contributed by atoms with van der Waals surface area (Å²) in [5.74, 6) is -0.875. The molecule has 1 unspecified atom stereocenters. The smallest absolute Gasteiger partial charge is 0.306 e. The number of carbonyl (C=O) groups excluding carboxylic acids is 3. The Kier molecular flexibility index (Phi) is 40.4. The zero-order chi connectivity index (χ0) is 38.0. The van der Waals surface area contributed by atoms with E-state index in [1.54, 1.807) is 0 Å².